The molecule has 2 saturated carbocycles. The third-order valence-corrected chi connectivity index (χ3v) is 11.1. The molecule has 2 aliphatic heterocycles. The van der Waals surface area contributed by atoms with Gasteiger partial charge < -0.3 is 23.4 Å². The smallest absolute Gasteiger partial charge is 0.339 e. The monoisotopic (exact) mass is 540 g/mol. The van der Waals surface area contributed by atoms with Gasteiger partial charge in [0, 0.05) is 41.6 Å². The lowest BCUT2D eigenvalue weighted by atomic mass is 9.35. The molecule has 4 fully saturated rings. The Kier molecular flexibility index (Phi) is 5.28. The highest BCUT2D eigenvalue weighted by atomic mass is 16.7. The maximum atomic E-state index is 13.4. The first-order chi connectivity index (χ1) is 18.2. The van der Waals surface area contributed by atoms with Crippen LogP contribution in [0.3, 0.4) is 0 Å². The zero-order valence-electron chi connectivity index (χ0n) is 23.4. The molecular formula is C30H36O9. The van der Waals surface area contributed by atoms with Crippen molar-refractivity contribution in [3.05, 3.63) is 36.3 Å². The summed E-state index contributed by atoms with van der Waals surface area (Å²) in [5.41, 5.74) is -3.58. The Morgan fingerprint density at radius 2 is 1.69 bits per heavy atom. The van der Waals surface area contributed by atoms with Crippen LogP contribution < -0.4 is 0 Å². The summed E-state index contributed by atoms with van der Waals surface area (Å²) in [6.45, 7) is 12.5. The lowest BCUT2D eigenvalue weighted by Gasteiger charge is -2.69. The van der Waals surface area contributed by atoms with Crippen LogP contribution in [-0.4, -0.2) is 47.6 Å². The van der Waals surface area contributed by atoms with Crippen molar-refractivity contribution >= 4 is 23.7 Å². The Hall–Kier alpha value is -2.94. The van der Waals surface area contributed by atoms with Gasteiger partial charge in [-0.3, -0.25) is 14.4 Å². The van der Waals surface area contributed by atoms with Gasteiger partial charge in [-0.05, 0) is 36.3 Å². The lowest BCUT2D eigenvalue weighted by molar-refractivity contribution is -0.284. The molecule has 210 valence electrons. The van der Waals surface area contributed by atoms with Crippen molar-refractivity contribution in [3.8, 4) is 0 Å². The third-order valence-electron chi connectivity index (χ3n) is 11.1. The molecule has 0 amide bonds. The van der Waals surface area contributed by atoms with E-state index in [0.29, 0.717) is 12.8 Å². The molecule has 0 radical (unpaired) electrons. The van der Waals surface area contributed by atoms with E-state index in [1.165, 1.54) is 13.8 Å². The normalized spacial score (nSPS) is 47.1. The van der Waals surface area contributed by atoms with Crippen molar-refractivity contribution < 1.29 is 42.5 Å². The highest BCUT2D eigenvalue weighted by molar-refractivity contribution is 5.96. The van der Waals surface area contributed by atoms with Crippen LogP contribution in [0, 0.1) is 33.5 Å². The van der Waals surface area contributed by atoms with Crippen molar-refractivity contribution in [2.24, 2.45) is 33.5 Å². The second-order valence-electron chi connectivity index (χ2n) is 13.3. The molecule has 1 aromatic rings. The van der Waals surface area contributed by atoms with Crippen LogP contribution in [0.15, 0.2) is 35.2 Å². The second kappa shape index (κ2) is 7.83. The number of esters is 3. The van der Waals surface area contributed by atoms with Crippen LogP contribution in [0.1, 0.15) is 73.0 Å². The van der Waals surface area contributed by atoms with E-state index in [2.05, 4.69) is 13.8 Å². The van der Waals surface area contributed by atoms with Crippen LogP contribution in [-0.2, 0) is 38.1 Å². The Balaban J connectivity index is 1.61. The van der Waals surface area contributed by atoms with E-state index in [0.717, 1.165) is 5.56 Å². The number of rotatable bonds is 3. The molecule has 1 spiro atoms. The molecule has 39 heavy (non-hydrogen) atoms. The van der Waals surface area contributed by atoms with E-state index >= 15 is 0 Å². The molecule has 9 heteroatoms. The van der Waals surface area contributed by atoms with Gasteiger partial charge in [0.25, 0.3) is 0 Å². The van der Waals surface area contributed by atoms with Crippen molar-refractivity contribution in [3.63, 3.8) is 0 Å². The molecular weight excluding hydrogens is 504 g/mol. The Bertz CT molecular complexity index is 1300. The number of epoxide rings is 1. The Labute approximate surface area is 227 Å². The van der Waals surface area contributed by atoms with E-state index in [-0.39, 0.29) is 11.7 Å². The minimum atomic E-state index is -1.08. The number of cyclic esters (lactones) is 1. The summed E-state index contributed by atoms with van der Waals surface area (Å²) in [6.07, 6.45) is 4.61. The number of carbonyl (C=O) groups is 4. The Morgan fingerprint density at radius 1 is 1.00 bits per heavy atom. The fourth-order valence-corrected chi connectivity index (χ4v) is 9.68. The van der Waals surface area contributed by atoms with Gasteiger partial charge in [-0.15, -0.1) is 0 Å². The summed E-state index contributed by atoms with van der Waals surface area (Å²) in [5.74, 6) is -2.29. The molecule has 9 nitrogen and oxygen atoms in total. The number of hydrogen-bond donors (Lipinski definition) is 0. The van der Waals surface area contributed by atoms with Gasteiger partial charge >= 0.3 is 17.9 Å². The van der Waals surface area contributed by atoms with Crippen molar-refractivity contribution in [2.45, 2.75) is 91.3 Å². The lowest BCUT2D eigenvalue weighted by Crippen LogP contribution is -2.76. The van der Waals surface area contributed by atoms with Crippen LogP contribution >= 0.6 is 0 Å². The average Bonchev–Trinajstić information content (AvgIpc) is 3.41. The van der Waals surface area contributed by atoms with Gasteiger partial charge in [-0.1, -0.05) is 40.7 Å². The Morgan fingerprint density at radius 3 is 2.31 bits per heavy atom. The number of allylic oxidation sites excluding steroid dienone is 2. The van der Waals surface area contributed by atoms with Crippen molar-refractivity contribution in [2.75, 3.05) is 0 Å². The molecule has 1 aromatic heterocycles. The molecule has 0 bridgehead atoms. The molecule has 6 rings (SSSR count). The minimum Gasteiger partial charge on any atom is -0.472 e. The number of carbonyl (C=O) groups excluding carboxylic acids is 4. The second-order valence-corrected chi connectivity index (χ2v) is 13.3. The SMILES string of the molecule is CC(=O)O[C@@H]1C2C(C)(C)C(=O)C=C[C@]2(C)C2CC[C@@]3(C)[C@H](c4ccoc4)OC(=O)[C@H]4O[C@]43[C@]2(C)[C@@H]1OC(C)=O. The van der Waals surface area contributed by atoms with Crippen LogP contribution in [0.5, 0.6) is 0 Å². The molecule has 5 aliphatic rings. The summed E-state index contributed by atoms with van der Waals surface area (Å²) < 4.78 is 30.1. The molecule has 2 saturated heterocycles. The molecule has 2 unspecified atom stereocenters. The van der Waals surface area contributed by atoms with Crippen molar-refractivity contribution in [1.29, 1.82) is 0 Å². The first-order valence-corrected chi connectivity index (χ1v) is 13.6. The largest absolute Gasteiger partial charge is 0.472 e. The van der Waals surface area contributed by atoms with E-state index in [1.54, 1.807) is 24.7 Å². The number of ketones is 1. The summed E-state index contributed by atoms with van der Waals surface area (Å²) in [5, 5.41) is 0. The third kappa shape index (κ3) is 3.00. The maximum absolute atomic E-state index is 13.4. The van der Waals surface area contributed by atoms with Gasteiger partial charge in [0.15, 0.2) is 11.9 Å². The quantitative estimate of drug-likeness (QED) is 0.317. The van der Waals surface area contributed by atoms with Crippen molar-refractivity contribution in [1.82, 2.24) is 0 Å². The summed E-state index contributed by atoms with van der Waals surface area (Å²) in [7, 11) is 0. The predicted octanol–water partition coefficient (Wildman–Crippen LogP) is 4.10. The topological polar surface area (TPSA) is 122 Å². The zero-order valence-corrected chi connectivity index (χ0v) is 23.4. The average molecular weight is 541 g/mol. The van der Waals surface area contributed by atoms with E-state index < -0.39 is 75.5 Å². The van der Waals surface area contributed by atoms with Crippen LogP contribution in [0.4, 0.5) is 0 Å². The number of ether oxygens (including phenoxy) is 4. The van der Waals surface area contributed by atoms with Gasteiger partial charge in [0.1, 0.15) is 23.9 Å². The fraction of sp³-hybridized carbons (Fsp3) is 0.667. The summed E-state index contributed by atoms with van der Waals surface area (Å²) in [4.78, 5) is 52.0. The zero-order chi connectivity index (χ0) is 28.3. The van der Waals surface area contributed by atoms with E-state index in [4.69, 9.17) is 23.4 Å². The first-order valence-electron chi connectivity index (χ1n) is 13.6. The highest BCUT2D eigenvalue weighted by Crippen LogP contribution is 2.80. The fourth-order valence-electron chi connectivity index (χ4n) is 9.68. The minimum absolute atomic E-state index is 0.0760. The standard InChI is InChI=1S/C30H36O9/c1-15(31)36-20-21-26(3,4)19(33)9-11-27(21,5)18-8-12-28(6)22(17-10-13-35-14-17)38-25(34)24-30(28,39-24)29(18,7)23(20)37-16(2)32/h9-11,13-14,18,20-24H,8,12H2,1-7H3/t18?,20-,21?,22+,23-,24-,27-,28+,29+,30-/m1/s1. The van der Waals surface area contributed by atoms with E-state index in [9.17, 15) is 19.2 Å². The highest BCUT2D eigenvalue weighted by Gasteiger charge is 2.89. The summed E-state index contributed by atoms with van der Waals surface area (Å²) >= 11 is 0. The number of furan rings is 1. The van der Waals surface area contributed by atoms with Gasteiger partial charge in [0.2, 0.25) is 0 Å². The van der Waals surface area contributed by atoms with Crippen LogP contribution in [0.2, 0.25) is 0 Å². The number of fused-ring (bicyclic) bond motifs is 3. The summed E-state index contributed by atoms with van der Waals surface area (Å²) in [6, 6.07) is 1.79. The van der Waals surface area contributed by atoms with Gasteiger partial charge in [-0.2, -0.15) is 0 Å². The molecule has 3 heterocycles. The first kappa shape index (κ1) is 26.3. The molecule has 0 aromatic carbocycles. The van der Waals surface area contributed by atoms with Gasteiger partial charge in [-0.25, -0.2) is 4.79 Å². The molecule has 3 aliphatic carbocycles. The molecule has 10 atom stereocenters. The number of hydrogen-bond acceptors (Lipinski definition) is 9. The van der Waals surface area contributed by atoms with Crippen LogP contribution in [0.25, 0.3) is 0 Å². The van der Waals surface area contributed by atoms with Gasteiger partial charge in [0.05, 0.1) is 12.5 Å². The maximum Gasteiger partial charge on any atom is 0.339 e. The van der Waals surface area contributed by atoms with E-state index in [1.807, 2.05) is 26.8 Å². The molecule has 0 N–H and O–H groups in total. The predicted molar refractivity (Wildman–Crippen MR) is 135 cm³/mol.